The van der Waals surface area contributed by atoms with Crippen LogP contribution in [0.5, 0.6) is 5.75 Å². The summed E-state index contributed by atoms with van der Waals surface area (Å²) in [5.41, 5.74) is 2.57. The first-order chi connectivity index (χ1) is 11.4. The van der Waals surface area contributed by atoms with Crippen LogP contribution in [0.15, 0.2) is 29.6 Å². The molecule has 0 radical (unpaired) electrons. The zero-order chi connectivity index (χ0) is 19.0. The molecule has 0 bridgehead atoms. The maximum absolute atomic E-state index is 10.8. The summed E-state index contributed by atoms with van der Waals surface area (Å²) in [4.78, 5) is 4.36. The number of benzene rings is 1. The van der Waals surface area contributed by atoms with Crippen LogP contribution < -0.4 is 0 Å². The molecule has 0 spiro atoms. The van der Waals surface area contributed by atoms with Crippen LogP contribution >= 0.6 is 0 Å². The Morgan fingerprint density at radius 3 is 2.00 bits per heavy atom. The van der Waals surface area contributed by atoms with E-state index in [4.69, 9.17) is 0 Å². The third kappa shape index (κ3) is 4.30. The monoisotopic (exact) mass is 341 g/mol. The van der Waals surface area contributed by atoms with Gasteiger partial charge in [-0.2, -0.15) is 5.10 Å². The predicted molar refractivity (Wildman–Crippen MR) is 105 cm³/mol. The van der Waals surface area contributed by atoms with Crippen LogP contribution in [0.3, 0.4) is 0 Å². The minimum Gasteiger partial charge on any atom is -0.507 e. The molecule has 1 heterocycles. The number of imidazole rings is 1. The Morgan fingerprint density at radius 1 is 1.04 bits per heavy atom. The van der Waals surface area contributed by atoms with Gasteiger partial charge >= 0.3 is 0 Å². The summed E-state index contributed by atoms with van der Waals surface area (Å²) < 4.78 is 1.81. The SMILES string of the molecule is CC(C)c1nccn1/N=C/c1cc(C(C)(C)C)c(O)c(C(C)(C)C)c1. The van der Waals surface area contributed by atoms with Crippen molar-refractivity contribution in [3.05, 3.63) is 47.0 Å². The minimum atomic E-state index is -0.147. The summed E-state index contributed by atoms with van der Waals surface area (Å²) in [5.74, 6) is 1.63. The Bertz CT molecular complexity index is 736. The molecule has 0 aliphatic carbocycles. The van der Waals surface area contributed by atoms with Gasteiger partial charge in [0.25, 0.3) is 0 Å². The van der Waals surface area contributed by atoms with Gasteiger partial charge < -0.3 is 5.11 Å². The number of hydrogen-bond donors (Lipinski definition) is 1. The Labute approximate surface area is 151 Å². The molecule has 2 rings (SSSR count). The fraction of sp³-hybridized carbons (Fsp3) is 0.524. The third-order valence-electron chi connectivity index (χ3n) is 4.25. The first-order valence-corrected chi connectivity index (χ1v) is 8.87. The second-order valence-electron chi connectivity index (χ2n) is 8.99. The second kappa shape index (κ2) is 6.66. The lowest BCUT2D eigenvalue weighted by Gasteiger charge is -2.27. The lowest BCUT2D eigenvalue weighted by molar-refractivity contribution is 0.423. The van der Waals surface area contributed by atoms with E-state index in [9.17, 15) is 5.11 Å². The molecule has 0 aliphatic rings. The van der Waals surface area contributed by atoms with Gasteiger partial charge in [-0.15, -0.1) is 0 Å². The van der Waals surface area contributed by atoms with E-state index in [1.807, 2.05) is 29.2 Å². The van der Waals surface area contributed by atoms with Crippen molar-refractivity contribution in [1.29, 1.82) is 0 Å². The lowest BCUT2D eigenvalue weighted by Crippen LogP contribution is -2.18. The molecule has 0 saturated carbocycles. The molecule has 25 heavy (non-hydrogen) atoms. The standard InChI is InChI=1S/C21H31N3O/c1-14(2)19-22-9-10-24(19)23-13-15-11-16(20(3,4)5)18(25)17(12-15)21(6,7)8/h9-14,25H,1-8H3/b23-13+. The molecule has 136 valence electrons. The molecule has 0 aliphatic heterocycles. The van der Waals surface area contributed by atoms with Gasteiger partial charge in [0.05, 0.1) is 6.21 Å². The first-order valence-electron chi connectivity index (χ1n) is 8.87. The molecule has 0 saturated heterocycles. The maximum atomic E-state index is 10.8. The van der Waals surface area contributed by atoms with Gasteiger partial charge in [-0.3, -0.25) is 0 Å². The van der Waals surface area contributed by atoms with Crippen molar-refractivity contribution < 1.29 is 5.11 Å². The molecule has 0 unspecified atom stereocenters. The molecular formula is C21H31N3O. The van der Waals surface area contributed by atoms with Crippen molar-refractivity contribution >= 4 is 6.21 Å². The van der Waals surface area contributed by atoms with Gasteiger partial charge in [-0.05, 0) is 28.5 Å². The van der Waals surface area contributed by atoms with Crippen molar-refractivity contribution in [3.63, 3.8) is 0 Å². The molecule has 2 aromatic rings. The van der Waals surface area contributed by atoms with Crippen molar-refractivity contribution in [2.75, 3.05) is 0 Å². The van der Waals surface area contributed by atoms with Crippen molar-refractivity contribution in [2.45, 2.75) is 72.1 Å². The molecule has 0 amide bonds. The van der Waals surface area contributed by atoms with E-state index in [1.165, 1.54) is 0 Å². The van der Waals surface area contributed by atoms with Crippen molar-refractivity contribution in [2.24, 2.45) is 5.10 Å². The normalized spacial score (nSPS) is 13.2. The summed E-state index contributed by atoms with van der Waals surface area (Å²) in [6.07, 6.45) is 5.48. The fourth-order valence-corrected chi connectivity index (χ4v) is 2.82. The number of phenols is 1. The minimum absolute atomic E-state index is 0.147. The highest BCUT2D eigenvalue weighted by Crippen LogP contribution is 2.39. The largest absolute Gasteiger partial charge is 0.507 e. The van der Waals surface area contributed by atoms with Gasteiger partial charge in [-0.25, -0.2) is 9.66 Å². The van der Waals surface area contributed by atoms with Crippen LogP contribution in [0.2, 0.25) is 0 Å². The molecule has 0 atom stereocenters. The zero-order valence-electron chi connectivity index (χ0n) is 16.8. The summed E-state index contributed by atoms with van der Waals surface area (Å²) >= 11 is 0. The molecular weight excluding hydrogens is 310 g/mol. The average molecular weight is 341 g/mol. The number of nitrogens with zero attached hydrogens (tertiary/aromatic N) is 3. The van der Waals surface area contributed by atoms with Crippen LogP contribution in [0.4, 0.5) is 0 Å². The zero-order valence-corrected chi connectivity index (χ0v) is 16.8. The Balaban J connectivity index is 2.54. The molecule has 1 aromatic heterocycles. The third-order valence-corrected chi connectivity index (χ3v) is 4.25. The van der Waals surface area contributed by atoms with Crippen LogP contribution in [-0.2, 0) is 10.8 Å². The molecule has 4 heteroatoms. The van der Waals surface area contributed by atoms with E-state index in [0.29, 0.717) is 11.7 Å². The summed E-state index contributed by atoms with van der Waals surface area (Å²) in [5, 5.41) is 15.4. The predicted octanol–water partition coefficient (Wildman–Crippen LogP) is 5.19. The number of phenolic OH excluding ortho intramolecular Hbond substituents is 1. The Hall–Kier alpha value is -2.10. The van der Waals surface area contributed by atoms with Crippen molar-refractivity contribution in [3.8, 4) is 5.75 Å². The first kappa shape index (κ1) is 19.2. The highest BCUT2D eigenvalue weighted by molar-refractivity contribution is 5.81. The molecule has 4 nitrogen and oxygen atoms in total. The molecule has 0 fully saturated rings. The topological polar surface area (TPSA) is 50.4 Å². The van der Waals surface area contributed by atoms with Crippen LogP contribution in [-0.4, -0.2) is 21.0 Å². The molecule has 1 aromatic carbocycles. The summed E-state index contributed by atoms with van der Waals surface area (Å²) in [6.45, 7) is 16.9. The van der Waals surface area contributed by atoms with Gasteiger partial charge in [0.2, 0.25) is 0 Å². The maximum Gasteiger partial charge on any atom is 0.132 e. The Morgan fingerprint density at radius 2 is 1.56 bits per heavy atom. The van der Waals surface area contributed by atoms with E-state index >= 15 is 0 Å². The van der Waals surface area contributed by atoms with E-state index < -0.39 is 0 Å². The summed E-state index contributed by atoms with van der Waals surface area (Å²) in [7, 11) is 0. The number of aromatic nitrogens is 2. The quantitative estimate of drug-likeness (QED) is 0.781. The van der Waals surface area contributed by atoms with E-state index in [0.717, 1.165) is 22.5 Å². The van der Waals surface area contributed by atoms with E-state index in [1.54, 1.807) is 6.20 Å². The number of rotatable bonds is 3. The van der Waals surface area contributed by atoms with Gasteiger partial charge in [0, 0.05) is 29.4 Å². The van der Waals surface area contributed by atoms with Crippen LogP contribution in [0, 0.1) is 0 Å². The van der Waals surface area contributed by atoms with Gasteiger partial charge in [0.1, 0.15) is 11.6 Å². The highest BCUT2D eigenvalue weighted by atomic mass is 16.3. The highest BCUT2D eigenvalue weighted by Gasteiger charge is 2.26. The number of hydrogen-bond acceptors (Lipinski definition) is 3. The van der Waals surface area contributed by atoms with Crippen LogP contribution in [0.1, 0.15) is 83.8 Å². The van der Waals surface area contributed by atoms with Crippen molar-refractivity contribution in [1.82, 2.24) is 9.66 Å². The Kier molecular flexibility index (Phi) is 5.12. The van der Waals surface area contributed by atoms with Gasteiger partial charge in [-0.1, -0.05) is 55.4 Å². The number of aromatic hydroxyl groups is 1. The molecule has 1 N–H and O–H groups in total. The van der Waals surface area contributed by atoms with E-state index in [2.05, 4.69) is 65.5 Å². The summed E-state index contributed by atoms with van der Waals surface area (Å²) in [6, 6.07) is 4.06. The lowest BCUT2D eigenvalue weighted by atomic mass is 9.78. The smallest absolute Gasteiger partial charge is 0.132 e. The average Bonchev–Trinajstić information content (AvgIpc) is 2.92. The van der Waals surface area contributed by atoms with Gasteiger partial charge in [0.15, 0.2) is 0 Å². The van der Waals surface area contributed by atoms with E-state index in [-0.39, 0.29) is 10.8 Å². The van der Waals surface area contributed by atoms with Crippen LogP contribution in [0.25, 0.3) is 0 Å². The second-order valence-corrected chi connectivity index (χ2v) is 8.99. The fourth-order valence-electron chi connectivity index (χ4n) is 2.82.